The third-order valence-corrected chi connectivity index (χ3v) is 12.3. The van der Waals surface area contributed by atoms with Gasteiger partial charge in [0, 0.05) is 69.6 Å². The zero-order valence-electron chi connectivity index (χ0n) is 29.5. The lowest BCUT2D eigenvalue weighted by atomic mass is 10.0. The maximum atomic E-state index is 5.18. The van der Waals surface area contributed by atoms with E-state index < -0.39 is 0 Å². The van der Waals surface area contributed by atoms with Crippen molar-refractivity contribution in [2.45, 2.75) is 0 Å². The molecule has 0 aliphatic heterocycles. The molecule has 0 spiro atoms. The van der Waals surface area contributed by atoms with Crippen LogP contribution in [0.1, 0.15) is 0 Å². The van der Waals surface area contributed by atoms with Crippen LogP contribution in [0.4, 0.5) is 0 Å². The molecule has 0 saturated carbocycles. The van der Waals surface area contributed by atoms with Gasteiger partial charge in [0.15, 0.2) is 5.82 Å². The average Bonchev–Trinajstić information content (AvgIpc) is 3.92. The minimum atomic E-state index is 0.712. The fourth-order valence-electron chi connectivity index (χ4n) is 8.78. The zero-order chi connectivity index (χ0) is 36.0. The highest BCUT2D eigenvalue weighted by Gasteiger charge is 2.26. The van der Waals surface area contributed by atoms with E-state index in [9.17, 15) is 0 Å². The predicted molar refractivity (Wildman–Crippen MR) is 232 cm³/mol. The summed E-state index contributed by atoms with van der Waals surface area (Å²) < 4.78 is 7.59. The van der Waals surface area contributed by atoms with E-state index in [0.717, 1.165) is 39.1 Å². The fraction of sp³-hybridized carbons (Fsp3) is 0. The van der Waals surface area contributed by atoms with E-state index in [-0.39, 0.29) is 0 Å². The van der Waals surface area contributed by atoms with Crippen LogP contribution in [0.25, 0.3) is 109 Å². The smallest absolute Gasteiger partial charge is 0.160 e. The molecule has 256 valence electrons. The standard InChI is InChI=1S/C50H30N4S/c1-3-15-31(16-4-1)46-35-19-7-11-23-39(35)51-50(52-46)32-27-29-34(30-28-32)54-40-24-12-8-20-36(40)43-44-38-22-10-14-26-42(38)55-49(44)45-37-21-9-13-25-41(37)53(48(45)47(43)54)33-17-5-2-6-18-33/h1-30H. The number of thiophene rings is 1. The van der Waals surface area contributed by atoms with Crippen molar-refractivity contribution in [1.29, 1.82) is 0 Å². The van der Waals surface area contributed by atoms with E-state index in [1.165, 1.54) is 63.8 Å². The Morgan fingerprint density at radius 1 is 0.382 bits per heavy atom. The van der Waals surface area contributed by atoms with Gasteiger partial charge in [0.05, 0.1) is 33.3 Å². The van der Waals surface area contributed by atoms with Crippen molar-refractivity contribution in [3.63, 3.8) is 0 Å². The van der Waals surface area contributed by atoms with Crippen LogP contribution in [0.5, 0.6) is 0 Å². The van der Waals surface area contributed by atoms with Crippen LogP contribution in [-0.4, -0.2) is 19.1 Å². The van der Waals surface area contributed by atoms with Crippen LogP contribution in [-0.2, 0) is 0 Å². The van der Waals surface area contributed by atoms with Gasteiger partial charge in [-0.15, -0.1) is 11.3 Å². The summed E-state index contributed by atoms with van der Waals surface area (Å²) >= 11 is 1.91. The Kier molecular flexibility index (Phi) is 6.47. The van der Waals surface area contributed by atoms with Crippen LogP contribution in [0.15, 0.2) is 182 Å². The van der Waals surface area contributed by atoms with E-state index in [1.54, 1.807) is 0 Å². The number of benzene rings is 8. The predicted octanol–water partition coefficient (Wildman–Crippen LogP) is 13.5. The molecule has 0 atom stereocenters. The van der Waals surface area contributed by atoms with Gasteiger partial charge in [-0.3, -0.25) is 0 Å². The van der Waals surface area contributed by atoms with Gasteiger partial charge >= 0.3 is 0 Å². The molecular formula is C50H30N4S. The van der Waals surface area contributed by atoms with E-state index >= 15 is 0 Å². The fourth-order valence-corrected chi connectivity index (χ4v) is 10.0. The maximum absolute atomic E-state index is 5.18. The Hall–Kier alpha value is -7.08. The molecule has 0 N–H and O–H groups in total. The van der Waals surface area contributed by atoms with Crippen molar-refractivity contribution < 1.29 is 0 Å². The second kappa shape index (κ2) is 11.7. The van der Waals surface area contributed by atoms with Crippen LogP contribution < -0.4 is 0 Å². The summed E-state index contributed by atoms with van der Waals surface area (Å²) in [7, 11) is 0. The summed E-state index contributed by atoms with van der Waals surface area (Å²) in [5.74, 6) is 0.712. The molecule has 0 radical (unpaired) electrons. The number of hydrogen-bond donors (Lipinski definition) is 0. The van der Waals surface area contributed by atoms with Crippen molar-refractivity contribution in [3.05, 3.63) is 182 Å². The van der Waals surface area contributed by atoms with Gasteiger partial charge in [-0.25, -0.2) is 9.97 Å². The van der Waals surface area contributed by atoms with Gasteiger partial charge in [-0.1, -0.05) is 121 Å². The average molecular weight is 719 g/mol. The first kappa shape index (κ1) is 30.4. The van der Waals surface area contributed by atoms with Crippen LogP contribution in [0, 0.1) is 0 Å². The number of para-hydroxylation sites is 4. The first-order chi connectivity index (χ1) is 27.3. The maximum Gasteiger partial charge on any atom is 0.160 e. The zero-order valence-corrected chi connectivity index (χ0v) is 30.3. The molecule has 0 bridgehead atoms. The van der Waals surface area contributed by atoms with E-state index in [1.807, 2.05) is 23.5 Å². The van der Waals surface area contributed by atoms with Gasteiger partial charge in [0.1, 0.15) is 0 Å². The minimum Gasteiger partial charge on any atom is -0.307 e. The molecule has 4 aromatic heterocycles. The summed E-state index contributed by atoms with van der Waals surface area (Å²) in [6.07, 6.45) is 0. The summed E-state index contributed by atoms with van der Waals surface area (Å²) in [5.41, 5.74) is 10.9. The van der Waals surface area contributed by atoms with E-state index in [0.29, 0.717) is 5.82 Å². The van der Waals surface area contributed by atoms with Gasteiger partial charge in [-0.2, -0.15) is 0 Å². The SMILES string of the molecule is c1ccc(-c2nc(-c3ccc(-n4c5ccccc5c5c6c7ccccc7sc6c6c7ccccc7n(-c7ccccc7)c6c54)cc3)nc3ccccc23)cc1. The topological polar surface area (TPSA) is 35.6 Å². The summed E-state index contributed by atoms with van der Waals surface area (Å²) in [6, 6.07) is 65.0. The molecule has 0 amide bonds. The molecule has 12 aromatic rings. The molecule has 0 aliphatic carbocycles. The second-order valence-electron chi connectivity index (χ2n) is 14.1. The van der Waals surface area contributed by atoms with E-state index in [2.05, 4.69) is 179 Å². The lowest BCUT2D eigenvalue weighted by Crippen LogP contribution is -1.99. The molecule has 4 nitrogen and oxygen atoms in total. The highest BCUT2D eigenvalue weighted by molar-refractivity contribution is 7.27. The van der Waals surface area contributed by atoms with E-state index in [4.69, 9.17) is 9.97 Å². The van der Waals surface area contributed by atoms with Crippen molar-refractivity contribution in [2.24, 2.45) is 0 Å². The van der Waals surface area contributed by atoms with Crippen molar-refractivity contribution in [3.8, 4) is 34.0 Å². The summed E-state index contributed by atoms with van der Waals surface area (Å²) in [4.78, 5) is 10.3. The first-order valence-corrected chi connectivity index (χ1v) is 19.4. The second-order valence-corrected chi connectivity index (χ2v) is 15.2. The number of hydrogen-bond acceptors (Lipinski definition) is 3. The number of nitrogens with zero attached hydrogens (tertiary/aromatic N) is 4. The summed E-state index contributed by atoms with van der Waals surface area (Å²) in [5, 5.41) is 8.74. The highest BCUT2D eigenvalue weighted by Crippen LogP contribution is 2.51. The lowest BCUT2D eigenvalue weighted by Gasteiger charge is -2.14. The molecule has 5 heteroatoms. The molecule has 0 fully saturated rings. The van der Waals surface area contributed by atoms with Gasteiger partial charge in [0.2, 0.25) is 0 Å². The molecule has 12 rings (SSSR count). The van der Waals surface area contributed by atoms with Crippen LogP contribution in [0.3, 0.4) is 0 Å². The highest BCUT2D eigenvalue weighted by atomic mass is 32.1. The monoisotopic (exact) mass is 718 g/mol. The van der Waals surface area contributed by atoms with Crippen molar-refractivity contribution >= 4 is 86.0 Å². The third kappa shape index (κ3) is 4.39. The van der Waals surface area contributed by atoms with Gasteiger partial charge in [0.25, 0.3) is 0 Å². The number of aromatic nitrogens is 4. The summed E-state index contributed by atoms with van der Waals surface area (Å²) in [6.45, 7) is 0. The molecule has 0 unspecified atom stereocenters. The van der Waals surface area contributed by atoms with Crippen molar-refractivity contribution in [2.75, 3.05) is 0 Å². The van der Waals surface area contributed by atoms with Crippen molar-refractivity contribution in [1.82, 2.24) is 19.1 Å². The normalized spacial score (nSPS) is 12.0. The quantitative estimate of drug-likeness (QED) is 0.182. The molecule has 55 heavy (non-hydrogen) atoms. The first-order valence-electron chi connectivity index (χ1n) is 18.6. The van der Waals surface area contributed by atoms with Crippen LogP contribution >= 0.6 is 11.3 Å². The Bertz CT molecular complexity index is 3470. The molecule has 0 aliphatic rings. The minimum absolute atomic E-state index is 0.712. The molecule has 8 aromatic carbocycles. The Labute approximate surface area is 319 Å². The van der Waals surface area contributed by atoms with Gasteiger partial charge < -0.3 is 9.13 Å². The van der Waals surface area contributed by atoms with Crippen LogP contribution in [0.2, 0.25) is 0 Å². The molecular weight excluding hydrogens is 689 g/mol. The van der Waals surface area contributed by atoms with Gasteiger partial charge in [-0.05, 0) is 60.7 Å². The molecule has 4 heterocycles. The Morgan fingerprint density at radius 3 is 1.65 bits per heavy atom. The Balaban J connectivity index is 1.20. The number of fused-ring (bicyclic) bond motifs is 13. The largest absolute Gasteiger partial charge is 0.307 e. The number of rotatable bonds is 4. The molecule has 0 saturated heterocycles. The lowest BCUT2D eigenvalue weighted by molar-refractivity contribution is 1.15. The third-order valence-electron chi connectivity index (χ3n) is 11.1. The Morgan fingerprint density at radius 2 is 0.927 bits per heavy atom.